The molecule has 0 bridgehead atoms. The van der Waals surface area contributed by atoms with Crippen LogP contribution in [0.15, 0.2) is 0 Å². The molecule has 0 aliphatic heterocycles. The van der Waals surface area contributed by atoms with Crippen molar-refractivity contribution in [2.45, 2.75) is 55.4 Å². The Morgan fingerprint density at radius 1 is 0.361 bits per heavy atom. The third-order valence-corrected chi connectivity index (χ3v) is 1.66. The van der Waals surface area contributed by atoms with Crippen LogP contribution in [0.4, 0.5) is 0 Å². The van der Waals surface area contributed by atoms with Crippen molar-refractivity contribution in [2.75, 3.05) is 0 Å². The van der Waals surface area contributed by atoms with Crippen LogP contribution in [0.25, 0.3) is 0 Å². The summed E-state index contributed by atoms with van der Waals surface area (Å²) in [5, 5.41) is 0. The van der Waals surface area contributed by atoms with Gasteiger partial charge in [0.25, 0.3) is 0 Å². The van der Waals surface area contributed by atoms with E-state index in [1.165, 1.54) is 55.4 Å². The van der Waals surface area contributed by atoms with Crippen molar-refractivity contribution in [1.29, 1.82) is 0 Å². The second-order valence-corrected chi connectivity index (χ2v) is 6.61. The Morgan fingerprint density at radius 3 is 0.444 bits per heavy atom. The fourth-order valence-electron chi connectivity index (χ4n) is 0.704. The van der Waals surface area contributed by atoms with E-state index in [-0.39, 0.29) is 47.3 Å². The molecule has 0 spiro atoms. The van der Waals surface area contributed by atoms with Gasteiger partial charge in [-0.15, -0.1) is 0 Å². The van der Waals surface area contributed by atoms with Crippen LogP contribution in [0.5, 0.6) is 0 Å². The van der Waals surface area contributed by atoms with Crippen LogP contribution in [-0.2, 0) is 60.3 Å². The van der Waals surface area contributed by atoms with E-state index in [1.807, 2.05) is 0 Å². The molecule has 0 unspecified atom stereocenters. The summed E-state index contributed by atoms with van der Waals surface area (Å²) in [5.74, 6) is -2.22. The molecule has 0 aromatic heterocycles. The van der Waals surface area contributed by atoms with Crippen LogP contribution in [0.1, 0.15) is 55.4 Å². The van der Waals surface area contributed by atoms with E-state index in [9.17, 15) is 38.4 Å². The maximum atomic E-state index is 10.0. The minimum absolute atomic E-state index is 0.278. The zero-order valence-corrected chi connectivity index (χ0v) is 22.6. The van der Waals surface area contributed by atoms with Crippen molar-refractivity contribution >= 4 is 47.3 Å². The number of hydrogen-bond donors (Lipinski definition) is 10. The molecule has 0 saturated carbocycles. The molecule has 0 aliphatic rings. The second-order valence-electron chi connectivity index (χ2n) is 5.73. The van der Waals surface area contributed by atoms with Crippen LogP contribution < -0.4 is 43.4 Å². The average Bonchev–Trinajstić information content (AvgIpc) is 2.68. The van der Waals surface area contributed by atoms with Gasteiger partial charge in [0.15, 0.2) is 0 Å². The van der Waals surface area contributed by atoms with Gasteiger partial charge in [-0.3, -0.25) is 81.8 Å². The van der Waals surface area contributed by atoms with Crippen LogP contribution >= 0.6 is 0 Å². The Balaban J connectivity index is -0.000000113. The summed E-state index contributed by atoms with van der Waals surface area (Å²) in [4.78, 5) is 80.2. The molecular formula is C16H34N8O11Ti. The van der Waals surface area contributed by atoms with E-state index in [1.54, 1.807) is 0 Å². The van der Waals surface area contributed by atoms with Crippen LogP contribution in [0.2, 0.25) is 0 Å². The molecule has 0 rings (SSSR count). The zero-order valence-electron chi connectivity index (χ0n) is 21.1. The van der Waals surface area contributed by atoms with Gasteiger partial charge in [-0.2, -0.15) is 0 Å². The molecule has 8 amide bonds. The molecule has 0 radical (unpaired) electrons. The van der Waals surface area contributed by atoms with Crippen molar-refractivity contribution in [1.82, 2.24) is 43.4 Å². The molecule has 0 aromatic rings. The number of rotatable bonds is 0. The van der Waals surface area contributed by atoms with E-state index < -0.39 is 18.6 Å². The summed E-state index contributed by atoms with van der Waals surface area (Å²) in [6, 6.07) is 0. The first-order chi connectivity index (χ1) is 16.2. The van der Waals surface area contributed by atoms with Gasteiger partial charge in [0, 0.05) is 55.4 Å². The molecule has 0 aromatic carbocycles. The first kappa shape index (κ1) is 42.4. The van der Waals surface area contributed by atoms with Crippen molar-refractivity contribution in [3.63, 3.8) is 0 Å². The molecular weight excluding hydrogens is 528 g/mol. The van der Waals surface area contributed by atoms with E-state index in [4.69, 9.17) is 10.7 Å². The summed E-state index contributed by atoms with van der Waals surface area (Å²) in [7, 11) is 0. The summed E-state index contributed by atoms with van der Waals surface area (Å²) >= 11 is -3.58. The van der Waals surface area contributed by atoms with Crippen LogP contribution in [0, 0.1) is 0 Å². The molecule has 10 N–H and O–H groups in total. The first-order valence-corrected chi connectivity index (χ1v) is 11.3. The molecule has 0 saturated heterocycles. The van der Waals surface area contributed by atoms with Crippen molar-refractivity contribution in [2.24, 2.45) is 0 Å². The van der Waals surface area contributed by atoms with Crippen LogP contribution in [-0.4, -0.2) is 54.6 Å². The number of carbonyl (C=O) groups is 8. The van der Waals surface area contributed by atoms with E-state index >= 15 is 0 Å². The second kappa shape index (κ2) is 29.2. The Kier molecular flexibility index (Phi) is 34.4. The number of amides is 8. The SMILES string of the molecule is CC(=O)NNC(C)=O.CC(=O)NNC(C)=O.CC(=O)NNC(C)=O.CC(=O)NNC(C)=O.[O]=[Ti]([OH])[OH]. The molecule has 0 atom stereocenters. The van der Waals surface area contributed by atoms with Gasteiger partial charge in [-0.25, -0.2) is 0 Å². The first-order valence-electron chi connectivity index (χ1n) is 9.28. The topological polar surface area (TPSA) is 290 Å². The van der Waals surface area contributed by atoms with Crippen molar-refractivity contribution in [3.8, 4) is 0 Å². The maximum absolute atomic E-state index is 10.0. The van der Waals surface area contributed by atoms with Gasteiger partial charge in [-0.1, -0.05) is 0 Å². The Labute approximate surface area is 213 Å². The molecule has 0 heterocycles. The Hall–Kier alpha value is -3.81. The third-order valence-electron chi connectivity index (χ3n) is 1.66. The number of hydrogen-bond acceptors (Lipinski definition) is 9. The molecule has 19 nitrogen and oxygen atoms in total. The van der Waals surface area contributed by atoms with Crippen LogP contribution in [0.3, 0.4) is 0 Å². The molecule has 36 heavy (non-hydrogen) atoms. The van der Waals surface area contributed by atoms with E-state index in [0.717, 1.165) is 0 Å². The summed E-state index contributed by atoms with van der Waals surface area (Å²) in [6.45, 7) is 10.5. The predicted octanol–water partition coefficient (Wildman–Crippen LogP) is -4.54. The quantitative estimate of drug-likeness (QED) is 0.0990. The van der Waals surface area contributed by atoms with E-state index in [0.29, 0.717) is 0 Å². The predicted molar refractivity (Wildman–Crippen MR) is 116 cm³/mol. The zero-order chi connectivity index (χ0) is 29.9. The summed E-state index contributed by atoms with van der Waals surface area (Å²) in [6.07, 6.45) is 0. The number of carbonyl (C=O) groups excluding carboxylic acids is 8. The van der Waals surface area contributed by atoms with Gasteiger partial charge in [0.2, 0.25) is 47.3 Å². The van der Waals surface area contributed by atoms with E-state index in [2.05, 4.69) is 43.4 Å². The standard InChI is InChI=1S/4C4H8N2O2.2H2O.O.Ti/c4*1-3(7)5-6-4(2)8;;;;/h4*1-2H3,(H,5,7)(H,6,8);2*1H2;;/q;;;;;;;+2/p-2. The average molecular weight is 562 g/mol. The summed E-state index contributed by atoms with van der Waals surface area (Å²) < 4.78 is 23.2. The van der Waals surface area contributed by atoms with Gasteiger partial charge in [0.05, 0.1) is 0 Å². The number of nitrogens with one attached hydrogen (secondary N) is 8. The molecule has 208 valence electrons. The normalized spacial score (nSPS) is 7.61. The Bertz CT molecular complexity index is 590. The van der Waals surface area contributed by atoms with Gasteiger partial charge >= 0.3 is 29.3 Å². The third kappa shape index (κ3) is 98.1. The fraction of sp³-hybridized carbons (Fsp3) is 0.500. The van der Waals surface area contributed by atoms with Crippen molar-refractivity contribution < 1.29 is 67.7 Å². The van der Waals surface area contributed by atoms with Crippen molar-refractivity contribution in [3.05, 3.63) is 0 Å². The Morgan fingerprint density at radius 2 is 0.417 bits per heavy atom. The monoisotopic (exact) mass is 562 g/mol. The molecule has 0 fully saturated rings. The van der Waals surface area contributed by atoms with Gasteiger partial charge < -0.3 is 0 Å². The van der Waals surface area contributed by atoms with Gasteiger partial charge in [0.1, 0.15) is 0 Å². The number of hydrazine groups is 4. The molecule has 0 aliphatic carbocycles. The van der Waals surface area contributed by atoms with Gasteiger partial charge in [-0.05, 0) is 0 Å². The fourth-order valence-corrected chi connectivity index (χ4v) is 0.704. The minimum atomic E-state index is -3.58. The molecule has 20 heteroatoms. The summed E-state index contributed by atoms with van der Waals surface area (Å²) in [5.41, 5.74) is 16.9.